The van der Waals surface area contributed by atoms with E-state index in [-0.39, 0.29) is 13.1 Å². The first kappa shape index (κ1) is 15.4. The van der Waals surface area contributed by atoms with Crippen LogP contribution in [0.4, 0.5) is 0 Å². The minimum absolute atomic E-state index is 0.292. The van der Waals surface area contributed by atoms with Gasteiger partial charge in [-0.15, -0.1) is 0 Å². The molecule has 0 saturated carbocycles. The third kappa shape index (κ3) is 8.22. The highest BCUT2D eigenvalue weighted by Gasteiger charge is 2.18. The molecule has 96 valence electrons. The minimum Gasteiger partial charge on any atom is -0.480 e. The lowest BCUT2D eigenvalue weighted by molar-refractivity contribution is -0.141. The molecule has 0 atom stereocenters. The van der Waals surface area contributed by atoms with E-state index in [4.69, 9.17) is 15.5 Å². The van der Waals surface area contributed by atoms with E-state index in [0.717, 1.165) is 0 Å². The molecule has 0 saturated heterocycles. The van der Waals surface area contributed by atoms with Crippen LogP contribution in [0.5, 0.6) is 0 Å². The highest BCUT2D eigenvalue weighted by atomic mass is 16.4. The molecular formula is C11H18N2O4. The second-order valence-electron chi connectivity index (χ2n) is 4.60. The molecule has 0 spiro atoms. The Balaban J connectivity index is 4.13. The van der Waals surface area contributed by atoms with Gasteiger partial charge in [0.2, 0.25) is 0 Å². The molecule has 0 heterocycles. The summed E-state index contributed by atoms with van der Waals surface area (Å²) in [5.41, 5.74) is -0.460. The lowest BCUT2D eigenvalue weighted by Crippen LogP contribution is -2.35. The third-order valence-electron chi connectivity index (χ3n) is 2.30. The maximum absolute atomic E-state index is 10.5. The number of carboxylic acid groups (broad SMARTS) is 2. The quantitative estimate of drug-likeness (QED) is 0.652. The lowest BCUT2D eigenvalue weighted by Gasteiger charge is -2.20. The zero-order valence-corrected chi connectivity index (χ0v) is 10.1. The van der Waals surface area contributed by atoms with Crippen molar-refractivity contribution < 1.29 is 19.8 Å². The summed E-state index contributed by atoms with van der Waals surface area (Å²) in [6.07, 6.45) is 1.21. The van der Waals surface area contributed by atoms with E-state index in [9.17, 15) is 9.59 Å². The van der Waals surface area contributed by atoms with Gasteiger partial charge >= 0.3 is 11.9 Å². The van der Waals surface area contributed by atoms with Gasteiger partial charge in [0.1, 0.15) is 0 Å². The Hall–Kier alpha value is -1.61. The lowest BCUT2D eigenvalue weighted by atomic mass is 9.90. The number of hydrogen-bond donors (Lipinski definition) is 2. The molecule has 17 heavy (non-hydrogen) atoms. The van der Waals surface area contributed by atoms with E-state index in [2.05, 4.69) is 6.07 Å². The predicted octanol–water partition coefficient (Wildman–Crippen LogP) is 0.788. The third-order valence-corrected chi connectivity index (χ3v) is 2.30. The molecule has 0 bridgehead atoms. The van der Waals surface area contributed by atoms with Gasteiger partial charge in [0.25, 0.3) is 0 Å². The fourth-order valence-corrected chi connectivity index (χ4v) is 1.40. The van der Waals surface area contributed by atoms with Gasteiger partial charge in [-0.25, -0.2) is 0 Å². The summed E-state index contributed by atoms with van der Waals surface area (Å²) in [6, 6.07) is 2.15. The fraction of sp³-hybridized carbons (Fsp3) is 0.727. The van der Waals surface area contributed by atoms with Crippen LogP contribution in [0, 0.1) is 16.7 Å². The Morgan fingerprint density at radius 2 is 1.71 bits per heavy atom. The van der Waals surface area contributed by atoms with Crippen molar-refractivity contribution in [3.05, 3.63) is 0 Å². The van der Waals surface area contributed by atoms with Crippen LogP contribution in [-0.2, 0) is 9.59 Å². The molecule has 0 aliphatic rings. The average molecular weight is 242 g/mol. The van der Waals surface area contributed by atoms with Gasteiger partial charge in [0, 0.05) is 0 Å². The number of aliphatic carboxylic acids is 2. The molecule has 0 aromatic heterocycles. The van der Waals surface area contributed by atoms with Gasteiger partial charge in [0.15, 0.2) is 0 Å². The van der Waals surface area contributed by atoms with E-state index in [0.29, 0.717) is 19.4 Å². The second kappa shape index (κ2) is 6.86. The van der Waals surface area contributed by atoms with E-state index in [1.807, 2.05) is 0 Å². The first-order valence-electron chi connectivity index (χ1n) is 5.34. The smallest absolute Gasteiger partial charge is 0.317 e. The number of rotatable bonds is 8. The van der Waals surface area contributed by atoms with E-state index >= 15 is 0 Å². The van der Waals surface area contributed by atoms with Crippen LogP contribution < -0.4 is 0 Å². The van der Waals surface area contributed by atoms with Crippen molar-refractivity contribution in [2.45, 2.75) is 26.7 Å². The van der Waals surface area contributed by atoms with Crippen molar-refractivity contribution >= 4 is 11.9 Å². The average Bonchev–Trinajstić information content (AvgIpc) is 2.15. The number of nitriles is 1. The molecular weight excluding hydrogens is 224 g/mol. The number of nitrogens with zero attached hydrogens (tertiary/aromatic N) is 2. The Labute approximate surface area is 100 Å². The largest absolute Gasteiger partial charge is 0.480 e. The summed E-state index contributed by atoms with van der Waals surface area (Å²) < 4.78 is 0. The number of carboxylic acids is 2. The van der Waals surface area contributed by atoms with Gasteiger partial charge in [-0.3, -0.25) is 14.5 Å². The standard InChI is InChI=1S/C11H18N2O4/c1-11(2,8-12)4-3-5-13(6-9(14)15)7-10(16)17/h3-7H2,1-2H3,(H,14,15)(H,16,17). The molecule has 2 N–H and O–H groups in total. The Bertz CT molecular complexity index is 304. The molecule has 0 fully saturated rings. The van der Waals surface area contributed by atoms with E-state index in [1.165, 1.54) is 4.90 Å². The fourth-order valence-electron chi connectivity index (χ4n) is 1.40. The van der Waals surface area contributed by atoms with Gasteiger partial charge < -0.3 is 10.2 Å². The summed E-state index contributed by atoms with van der Waals surface area (Å²) in [5, 5.41) is 26.0. The van der Waals surface area contributed by atoms with Crippen LogP contribution in [0.2, 0.25) is 0 Å². The van der Waals surface area contributed by atoms with Gasteiger partial charge in [-0.05, 0) is 33.2 Å². The molecule has 0 aliphatic heterocycles. The second-order valence-corrected chi connectivity index (χ2v) is 4.60. The van der Waals surface area contributed by atoms with Gasteiger partial charge in [-0.1, -0.05) is 0 Å². The molecule has 6 nitrogen and oxygen atoms in total. The number of carbonyl (C=O) groups is 2. The zero-order chi connectivity index (χ0) is 13.5. The number of hydrogen-bond acceptors (Lipinski definition) is 4. The SMILES string of the molecule is CC(C)(C#N)CCCN(CC(=O)O)CC(=O)O. The van der Waals surface area contributed by atoms with Crippen molar-refractivity contribution in [3.63, 3.8) is 0 Å². The first-order valence-corrected chi connectivity index (χ1v) is 5.34. The van der Waals surface area contributed by atoms with Crippen LogP contribution in [0.1, 0.15) is 26.7 Å². The maximum atomic E-state index is 10.5. The molecule has 0 aromatic rings. The maximum Gasteiger partial charge on any atom is 0.317 e. The molecule has 6 heteroatoms. The van der Waals surface area contributed by atoms with E-state index in [1.54, 1.807) is 13.8 Å². The topological polar surface area (TPSA) is 102 Å². The van der Waals surface area contributed by atoms with Crippen LogP contribution in [0.15, 0.2) is 0 Å². The Kier molecular flexibility index (Phi) is 6.21. The molecule has 0 rings (SSSR count). The Morgan fingerprint density at radius 3 is 2.06 bits per heavy atom. The highest BCUT2D eigenvalue weighted by molar-refractivity contribution is 5.72. The van der Waals surface area contributed by atoms with Crippen LogP contribution in [0.25, 0.3) is 0 Å². The summed E-state index contributed by atoms with van der Waals surface area (Å²) >= 11 is 0. The normalized spacial score (nSPS) is 11.2. The molecule has 0 unspecified atom stereocenters. The molecule has 0 amide bonds. The Morgan fingerprint density at radius 1 is 1.24 bits per heavy atom. The summed E-state index contributed by atoms with van der Waals surface area (Å²) in [5.74, 6) is -2.10. The van der Waals surface area contributed by atoms with E-state index < -0.39 is 17.4 Å². The van der Waals surface area contributed by atoms with Crippen molar-refractivity contribution in [3.8, 4) is 6.07 Å². The van der Waals surface area contributed by atoms with Crippen molar-refractivity contribution in [2.75, 3.05) is 19.6 Å². The highest BCUT2D eigenvalue weighted by Crippen LogP contribution is 2.20. The van der Waals surface area contributed by atoms with Crippen LogP contribution in [-0.4, -0.2) is 46.7 Å². The molecule has 0 aliphatic carbocycles. The van der Waals surface area contributed by atoms with Crippen molar-refractivity contribution in [2.24, 2.45) is 5.41 Å². The molecule has 0 radical (unpaired) electrons. The first-order chi connectivity index (χ1) is 7.76. The van der Waals surface area contributed by atoms with Crippen LogP contribution in [0.3, 0.4) is 0 Å². The minimum atomic E-state index is -1.05. The van der Waals surface area contributed by atoms with Gasteiger partial charge in [-0.2, -0.15) is 5.26 Å². The monoisotopic (exact) mass is 242 g/mol. The summed E-state index contributed by atoms with van der Waals surface area (Å²) in [6.45, 7) is 3.37. The van der Waals surface area contributed by atoms with Crippen molar-refractivity contribution in [1.29, 1.82) is 5.26 Å². The van der Waals surface area contributed by atoms with Crippen molar-refractivity contribution in [1.82, 2.24) is 4.90 Å². The van der Waals surface area contributed by atoms with Gasteiger partial charge in [0.05, 0.1) is 24.6 Å². The predicted molar refractivity (Wildman–Crippen MR) is 60.3 cm³/mol. The zero-order valence-electron chi connectivity index (χ0n) is 10.1. The summed E-state index contributed by atoms with van der Waals surface area (Å²) in [7, 11) is 0. The van der Waals surface area contributed by atoms with Crippen LogP contribution >= 0.6 is 0 Å². The molecule has 0 aromatic carbocycles. The summed E-state index contributed by atoms with van der Waals surface area (Å²) in [4.78, 5) is 22.4.